The second-order valence-electron chi connectivity index (χ2n) is 5.64. The summed E-state index contributed by atoms with van der Waals surface area (Å²) in [6.07, 6.45) is 0. The van der Waals surface area contributed by atoms with Crippen LogP contribution in [0.5, 0.6) is 0 Å². The quantitative estimate of drug-likeness (QED) is 0.613. The maximum atomic E-state index is 4.68. The molecule has 1 unspecified atom stereocenters. The molecule has 1 rings (SSSR count). The lowest BCUT2D eigenvalue weighted by molar-refractivity contribution is 0.435. The molecule has 0 saturated carbocycles. The molecule has 19 heavy (non-hydrogen) atoms. The van der Waals surface area contributed by atoms with Crippen LogP contribution >= 0.6 is 0 Å². The van der Waals surface area contributed by atoms with Gasteiger partial charge in [0, 0.05) is 47.0 Å². The molecule has 1 heterocycles. The standard InChI is InChI=1S/C14H27N5/c1-11(9-15-14(17(4)5)18(6)7)10-19-13(3)8-12(2)16-19/h8,11H,9-10H2,1-7H3. The fourth-order valence-electron chi connectivity index (χ4n) is 2.13. The Balaban J connectivity index is 2.62. The van der Waals surface area contributed by atoms with Crippen molar-refractivity contribution in [3.63, 3.8) is 0 Å². The van der Waals surface area contributed by atoms with Gasteiger partial charge in [0.05, 0.1) is 5.69 Å². The summed E-state index contributed by atoms with van der Waals surface area (Å²) in [6.45, 7) is 8.06. The lowest BCUT2D eigenvalue weighted by Crippen LogP contribution is -2.36. The van der Waals surface area contributed by atoms with E-state index in [0.717, 1.165) is 24.7 Å². The summed E-state index contributed by atoms with van der Waals surface area (Å²) in [4.78, 5) is 8.76. The highest BCUT2D eigenvalue weighted by Gasteiger charge is 2.09. The van der Waals surface area contributed by atoms with Gasteiger partial charge in [-0.25, -0.2) is 0 Å². The van der Waals surface area contributed by atoms with Crippen LogP contribution in [0.25, 0.3) is 0 Å². The Hall–Kier alpha value is -1.52. The summed E-state index contributed by atoms with van der Waals surface area (Å²) in [7, 11) is 8.07. The molecule has 108 valence electrons. The zero-order valence-electron chi connectivity index (χ0n) is 13.3. The average molecular weight is 265 g/mol. The predicted molar refractivity (Wildman–Crippen MR) is 80.5 cm³/mol. The third kappa shape index (κ3) is 4.58. The second-order valence-corrected chi connectivity index (χ2v) is 5.64. The molecule has 0 bridgehead atoms. The maximum absolute atomic E-state index is 4.68. The van der Waals surface area contributed by atoms with E-state index in [9.17, 15) is 0 Å². The lowest BCUT2D eigenvalue weighted by atomic mass is 10.2. The van der Waals surface area contributed by atoms with Crippen molar-refractivity contribution < 1.29 is 0 Å². The molecule has 0 aromatic carbocycles. The maximum Gasteiger partial charge on any atom is 0.195 e. The third-order valence-electron chi connectivity index (χ3n) is 2.93. The molecule has 0 N–H and O–H groups in total. The molecule has 1 aromatic heterocycles. The summed E-state index contributed by atoms with van der Waals surface area (Å²) in [5.41, 5.74) is 2.30. The highest BCUT2D eigenvalue weighted by Crippen LogP contribution is 2.07. The first-order valence-corrected chi connectivity index (χ1v) is 6.71. The van der Waals surface area contributed by atoms with E-state index >= 15 is 0 Å². The van der Waals surface area contributed by atoms with Gasteiger partial charge in [0.15, 0.2) is 5.96 Å². The molecule has 0 amide bonds. The number of aryl methyl sites for hydroxylation is 2. The van der Waals surface area contributed by atoms with Crippen molar-refractivity contribution in [2.75, 3.05) is 34.7 Å². The summed E-state index contributed by atoms with van der Waals surface area (Å²) < 4.78 is 2.07. The normalized spacial score (nSPS) is 12.2. The van der Waals surface area contributed by atoms with Crippen molar-refractivity contribution in [3.05, 3.63) is 17.5 Å². The summed E-state index contributed by atoms with van der Waals surface area (Å²) in [5, 5.41) is 4.49. The fraction of sp³-hybridized carbons (Fsp3) is 0.714. The van der Waals surface area contributed by atoms with Crippen LogP contribution in [0.2, 0.25) is 0 Å². The second kappa shape index (κ2) is 6.59. The van der Waals surface area contributed by atoms with Gasteiger partial charge in [-0.2, -0.15) is 5.10 Å². The Kier molecular flexibility index (Phi) is 5.39. The first-order valence-electron chi connectivity index (χ1n) is 6.71. The molecule has 1 aromatic rings. The number of aromatic nitrogens is 2. The van der Waals surface area contributed by atoms with E-state index < -0.39 is 0 Å². The smallest absolute Gasteiger partial charge is 0.195 e. The number of hydrogen-bond donors (Lipinski definition) is 0. The topological polar surface area (TPSA) is 36.7 Å². The number of nitrogens with zero attached hydrogens (tertiary/aromatic N) is 5. The number of aliphatic imine (C=N–C) groups is 1. The molecule has 0 spiro atoms. The molecule has 0 radical (unpaired) electrons. The van der Waals surface area contributed by atoms with Gasteiger partial charge in [0.2, 0.25) is 0 Å². The van der Waals surface area contributed by atoms with Crippen LogP contribution in [-0.2, 0) is 6.54 Å². The number of hydrogen-bond acceptors (Lipinski definition) is 2. The van der Waals surface area contributed by atoms with Crippen molar-refractivity contribution in [1.82, 2.24) is 19.6 Å². The predicted octanol–water partition coefficient (Wildman–Crippen LogP) is 1.62. The Morgan fingerprint density at radius 2 is 1.84 bits per heavy atom. The van der Waals surface area contributed by atoms with Crippen LogP contribution in [-0.4, -0.2) is 60.3 Å². The van der Waals surface area contributed by atoms with Crippen molar-refractivity contribution >= 4 is 5.96 Å². The van der Waals surface area contributed by atoms with Crippen molar-refractivity contribution in [2.45, 2.75) is 27.3 Å². The molecular weight excluding hydrogens is 238 g/mol. The SMILES string of the molecule is Cc1cc(C)n(CC(C)CN=C(N(C)C)N(C)C)n1. The molecule has 0 fully saturated rings. The van der Waals surface area contributed by atoms with Crippen LogP contribution in [0.4, 0.5) is 0 Å². The molecule has 0 aliphatic heterocycles. The average Bonchev–Trinajstić information content (AvgIpc) is 2.56. The van der Waals surface area contributed by atoms with E-state index in [1.54, 1.807) is 0 Å². The third-order valence-corrected chi connectivity index (χ3v) is 2.93. The molecule has 0 aliphatic rings. The molecule has 0 saturated heterocycles. The van der Waals surface area contributed by atoms with Gasteiger partial charge in [0.25, 0.3) is 0 Å². The minimum absolute atomic E-state index is 0.466. The van der Waals surface area contributed by atoms with Crippen LogP contribution in [0.1, 0.15) is 18.3 Å². The Morgan fingerprint density at radius 3 is 2.26 bits per heavy atom. The monoisotopic (exact) mass is 265 g/mol. The fourth-order valence-corrected chi connectivity index (χ4v) is 2.13. The van der Waals surface area contributed by atoms with Crippen molar-refractivity contribution in [2.24, 2.45) is 10.9 Å². The highest BCUT2D eigenvalue weighted by atomic mass is 15.3. The number of guanidine groups is 1. The molecule has 0 aliphatic carbocycles. The van der Waals surface area contributed by atoms with Gasteiger partial charge in [-0.3, -0.25) is 9.67 Å². The van der Waals surface area contributed by atoms with Crippen LogP contribution in [0, 0.1) is 19.8 Å². The molecular formula is C14H27N5. The van der Waals surface area contributed by atoms with Gasteiger partial charge in [0.1, 0.15) is 0 Å². The van der Waals surface area contributed by atoms with E-state index in [1.165, 1.54) is 5.69 Å². The first-order chi connectivity index (χ1) is 8.81. The van der Waals surface area contributed by atoms with Gasteiger partial charge in [-0.05, 0) is 25.8 Å². The zero-order valence-corrected chi connectivity index (χ0v) is 13.3. The van der Waals surface area contributed by atoms with Crippen LogP contribution < -0.4 is 0 Å². The van der Waals surface area contributed by atoms with Gasteiger partial charge >= 0.3 is 0 Å². The lowest BCUT2D eigenvalue weighted by Gasteiger charge is -2.23. The van der Waals surface area contributed by atoms with E-state index in [0.29, 0.717) is 5.92 Å². The van der Waals surface area contributed by atoms with Crippen molar-refractivity contribution in [1.29, 1.82) is 0 Å². The molecule has 5 heteroatoms. The van der Waals surface area contributed by atoms with E-state index in [2.05, 4.69) is 34.7 Å². The van der Waals surface area contributed by atoms with Gasteiger partial charge < -0.3 is 9.80 Å². The summed E-state index contributed by atoms with van der Waals surface area (Å²) in [5.74, 6) is 1.47. The largest absolute Gasteiger partial charge is 0.349 e. The highest BCUT2D eigenvalue weighted by molar-refractivity contribution is 5.79. The van der Waals surface area contributed by atoms with E-state index in [4.69, 9.17) is 0 Å². The summed E-state index contributed by atoms with van der Waals surface area (Å²) in [6, 6.07) is 2.11. The van der Waals surface area contributed by atoms with Crippen LogP contribution in [0.15, 0.2) is 11.1 Å². The van der Waals surface area contributed by atoms with Gasteiger partial charge in [-0.15, -0.1) is 0 Å². The van der Waals surface area contributed by atoms with E-state index in [-0.39, 0.29) is 0 Å². The van der Waals surface area contributed by atoms with Gasteiger partial charge in [-0.1, -0.05) is 6.92 Å². The zero-order chi connectivity index (χ0) is 14.6. The van der Waals surface area contributed by atoms with Crippen LogP contribution in [0.3, 0.4) is 0 Å². The van der Waals surface area contributed by atoms with E-state index in [1.807, 2.05) is 44.9 Å². The number of rotatable bonds is 4. The summed E-state index contributed by atoms with van der Waals surface area (Å²) >= 11 is 0. The Morgan fingerprint density at radius 1 is 1.26 bits per heavy atom. The Labute approximate surface area is 116 Å². The Bertz CT molecular complexity index is 421. The molecule has 5 nitrogen and oxygen atoms in total. The van der Waals surface area contributed by atoms with Crippen molar-refractivity contribution in [3.8, 4) is 0 Å². The first kappa shape index (κ1) is 15.5. The molecule has 1 atom stereocenters. The minimum atomic E-state index is 0.466. The minimum Gasteiger partial charge on any atom is -0.349 e.